The third kappa shape index (κ3) is 6.15. The molecule has 122 valence electrons. The zero-order valence-electron chi connectivity index (χ0n) is 12.2. The van der Waals surface area contributed by atoms with Gasteiger partial charge in [-0.25, -0.2) is 0 Å². The first-order valence-electron chi connectivity index (χ1n) is 7.41. The Morgan fingerprint density at radius 1 is 1.23 bits per heavy atom. The van der Waals surface area contributed by atoms with Crippen LogP contribution in [0.25, 0.3) is 0 Å². The van der Waals surface area contributed by atoms with Gasteiger partial charge in [-0.1, -0.05) is 0 Å². The molecule has 1 saturated heterocycles. The number of carbonyl (C=O) groups excluding carboxylic acids is 1. The number of hydrogen-bond acceptors (Lipinski definition) is 2. The third-order valence-electron chi connectivity index (χ3n) is 3.64. The summed E-state index contributed by atoms with van der Waals surface area (Å²) in [7, 11) is 0. The minimum absolute atomic E-state index is 0.0595. The Morgan fingerprint density at radius 3 is 2.45 bits per heavy atom. The average Bonchev–Trinajstić information content (AvgIpc) is 2.47. The van der Waals surface area contributed by atoms with Crippen LogP contribution in [0.3, 0.4) is 0 Å². The second-order valence-corrected chi connectivity index (χ2v) is 5.87. The first-order valence-corrected chi connectivity index (χ1v) is 7.79. The SMILES string of the molecule is O=C(CC[NH+]1CCCCC1)Nc1ccc(OC(F)(F)Cl)cc1. The molecule has 22 heavy (non-hydrogen) atoms. The molecule has 0 bridgehead atoms. The molecule has 0 saturated carbocycles. The van der Waals surface area contributed by atoms with Gasteiger partial charge in [-0.05, 0) is 43.5 Å². The van der Waals surface area contributed by atoms with E-state index in [4.69, 9.17) is 0 Å². The highest BCUT2D eigenvalue weighted by Crippen LogP contribution is 2.25. The molecule has 2 rings (SSSR count). The van der Waals surface area contributed by atoms with E-state index in [-0.39, 0.29) is 11.7 Å². The summed E-state index contributed by atoms with van der Waals surface area (Å²) in [5, 5.41) is 2.74. The van der Waals surface area contributed by atoms with Gasteiger partial charge in [0.1, 0.15) is 5.75 Å². The molecule has 1 fully saturated rings. The zero-order chi connectivity index (χ0) is 16.0. The maximum absolute atomic E-state index is 12.5. The standard InChI is InChI=1S/C15H19ClF2N2O2/c16-15(17,18)22-13-6-4-12(5-7-13)19-14(21)8-11-20-9-2-1-3-10-20/h4-7H,1-3,8-11H2,(H,19,21)/p+1. The van der Waals surface area contributed by atoms with Gasteiger partial charge in [0.15, 0.2) is 0 Å². The number of anilines is 1. The molecule has 1 aromatic carbocycles. The van der Waals surface area contributed by atoms with Gasteiger partial charge in [0.25, 0.3) is 0 Å². The van der Waals surface area contributed by atoms with Crippen LogP contribution in [0.15, 0.2) is 24.3 Å². The van der Waals surface area contributed by atoms with Gasteiger partial charge in [-0.2, -0.15) is 0 Å². The van der Waals surface area contributed by atoms with Crippen LogP contribution in [-0.2, 0) is 4.79 Å². The Kier molecular flexibility index (Phi) is 5.97. The fraction of sp³-hybridized carbons (Fsp3) is 0.533. The molecule has 0 aromatic heterocycles. The summed E-state index contributed by atoms with van der Waals surface area (Å²) in [6, 6.07) is 5.68. The van der Waals surface area contributed by atoms with Gasteiger partial charge in [-0.3, -0.25) is 4.79 Å². The normalized spacial score (nSPS) is 16.3. The zero-order valence-corrected chi connectivity index (χ0v) is 13.0. The van der Waals surface area contributed by atoms with E-state index < -0.39 is 5.57 Å². The molecular formula is C15H20ClF2N2O2+. The minimum atomic E-state index is -3.73. The molecule has 1 aliphatic heterocycles. The smallest absolute Gasteiger partial charge is 0.420 e. The number of piperidine rings is 1. The lowest BCUT2D eigenvalue weighted by Gasteiger charge is -2.23. The van der Waals surface area contributed by atoms with Gasteiger partial charge in [-0.15, -0.1) is 8.78 Å². The molecule has 0 unspecified atom stereocenters. The van der Waals surface area contributed by atoms with Crippen molar-refractivity contribution < 1.29 is 23.2 Å². The van der Waals surface area contributed by atoms with Crippen LogP contribution in [0.1, 0.15) is 25.7 Å². The Balaban J connectivity index is 1.76. The van der Waals surface area contributed by atoms with Crippen LogP contribution < -0.4 is 15.0 Å². The van der Waals surface area contributed by atoms with Crippen molar-refractivity contribution in [2.75, 3.05) is 25.0 Å². The van der Waals surface area contributed by atoms with Crippen LogP contribution in [0.4, 0.5) is 14.5 Å². The maximum atomic E-state index is 12.5. The fourth-order valence-corrected chi connectivity index (χ4v) is 2.64. The molecule has 0 radical (unpaired) electrons. The lowest BCUT2D eigenvalue weighted by atomic mass is 10.1. The second-order valence-electron chi connectivity index (χ2n) is 5.43. The number of hydrogen-bond donors (Lipinski definition) is 2. The predicted octanol–water partition coefficient (Wildman–Crippen LogP) is 2.25. The van der Waals surface area contributed by atoms with Gasteiger partial charge in [0, 0.05) is 17.3 Å². The Hall–Kier alpha value is -1.40. The molecule has 4 nitrogen and oxygen atoms in total. The first-order chi connectivity index (χ1) is 10.4. The van der Waals surface area contributed by atoms with E-state index in [0.29, 0.717) is 12.1 Å². The van der Waals surface area contributed by atoms with E-state index in [0.717, 1.165) is 19.6 Å². The predicted molar refractivity (Wildman–Crippen MR) is 80.5 cm³/mol. The topological polar surface area (TPSA) is 42.8 Å². The van der Waals surface area contributed by atoms with Crippen molar-refractivity contribution in [2.24, 2.45) is 0 Å². The highest BCUT2D eigenvalue weighted by molar-refractivity contribution is 6.20. The number of likely N-dealkylation sites (tertiary alicyclic amines) is 1. The van der Waals surface area contributed by atoms with E-state index >= 15 is 0 Å². The summed E-state index contributed by atoms with van der Waals surface area (Å²) in [6.07, 6.45) is 4.19. The van der Waals surface area contributed by atoms with Crippen LogP contribution in [0.5, 0.6) is 5.75 Å². The lowest BCUT2D eigenvalue weighted by Crippen LogP contribution is -3.12. The molecule has 0 aliphatic carbocycles. The van der Waals surface area contributed by atoms with Crippen molar-refractivity contribution in [2.45, 2.75) is 31.3 Å². The van der Waals surface area contributed by atoms with Gasteiger partial charge in [0.2, 0.25) is 5.91 Å². The summed E-state index contributed by atoms with van der Waals surface area (Å²) in [6.45, 7) is 3.09. The van der Waals surface area contributed by atoms with Crippen molar-refractivity contribution in [3.8, 4) is 5.75 Å². The number of ether oxygens (including phenoxy) is 1. The Morgan fingerprint density at radius 2 is 1.86 bits per heavy atom. The first kappa shape index (κ1) is 17.0. The number of rotatable bonds is 6. The van der Waals surface area contributed by atoms with Crippen molar-refractivity contribution in [3.05, 3.63) is 24.3 Å². The summed E-state index contributed by atoms with van der Waals surface area (Å²) in [5.74, 6) is -0.134. The molecule has 1 aromatic rings. The van der Waals surface area contributed by atoms with Gasteiger partial charge in [0.05, 0.1) is 26.1 Å². The number of nitrogens with one attached hydrogen (secondary N) is 2. The van der Waals surface area contributed by atoms with Crippen LogP contribution in [0, 0.1) is 0 Å². The molecule has 1 heterocycles. The van der Waals surface area contributed by atoms with E-state index in [9.17, 15) is 13.6 Å². The van der Waals surface area contributed by atoms with Crippen molar-refractivity contribution in [1.82, 2.24) is 0 Å². The average molecular weight is 334 g/mol. The Labute approximate surface area is 133 Å². The molecular weight excluding hydrogens is 314 g/mol. The van der Waals surface area contributed by atoms with E-state index in [1.54, 1.807) is 0 Å². The summed E-state index contributed by atoms with van der Waals surface area (Å²) < 4.78 is 29.1. The molecule has 1 aliphatic rings. The highest BCUT2D eigenvalue weighted by Gasteiger charge is 2.27. The monoisotopic (exact) mass is 333 g/mol. The van der Waals surface area contributed by atoms with Crippen molar-refractivity contribution >= 4 is 23.2 Å². The van der Waals surface area contributed by atoms with Crippen LogP contribution in [0.2, 0.25) is 0 Å². The molecule has 1 amide bonds. The number of benzene rings is 1. The van der Waals surface area contributed by atoms with E-state index in [1.807, 2.05) is 0 Å². The molecule has 0 atom stereocenters. The number of amides is 1. The third-order valence-corrected chi connectivity index (χ3v) is 3.72. The second kappa shape index (κ2) is 7.74. The number of carbonyl (C=O) groups is 1. The fourth-order valence-electron chi connectivity index (χ4n) is 2.56. The minimum Gasteiger partial charge on any atom is -0.420 e. The van der Waals surface area contributed by atoms with Crippen LogP contribution in [-0.4, -0.2) is 31.1 Å². The lowest BCUT2D eigenvalue weighted by molar-refractivity contribution is -0.904. The number of alkyl halides is 3. The summed E-state index contributed by atoms with van der Waals surface area (Å²) in [5.41, 5.74) is -3.19. The van der Waals surface area contributed by atoms with Gasteiger partial charge >= 0.3 is 5.57 Å². The maximum Gasteiger partial charge on any atom is 0.487 e. The number of halogens is 3. The summed E-state index contributed by atoms with van der Waals surface area (Å²) in [4.78, 5) is 13.3. The summed E-state index contributed by atoms with van der Waals surface area (Å²) >= 11 is 4.68. The van der Waals surface area contributed by atoms with Crippen molar-refractivity contribution in [1.29, 1.82) is 0 Å². The molecule has 7 heteroatoms. The van der Waals surface area contributed by atoms with Crippen molar-refractivity contribution in [3.63, 3.8) is 0 Å². The Bertz CT molecular complexity index is 485. The number of quaternary nitrogens is 1. The van der Waals surface area contributed by atoms with Gasteiger partial charge < -0.3 is 15.0 Å². The molecule has 2 N–H and O–H groups in total. The quantitative estimate of drug-likeness (QED) is 0.784. The van der Waals surface area contributed by atoms with E-state index in [1.165, 1.54) is 48.4 Å². The van der Waals surface area contributed by atoms with E-state index in [2.05, 4.69) is 21.7 Å². The molecule has 0 spiro atoms. The largest absolute Gasteiger partial charge is 0.487 e. The van der Waals surface area contributed by atoms with Crippen LogP contribution >= 0.6 is 11.6 Å². The highest BCUT2D eigenvalue weighted by atomic mass is 35.5.